The van der Waals surface area contributed by atoms with E-state index in [1.807, 2.05) is 37.8 Å². The van der Waals surface area contributed by atoms with Crippen molar-refractivity contribution in [1.82, 2.24) is 14.7 Å². The van der Waals surface area contributed by atoms with Gasteiger partial charge in [-0.05, 0) is 32.9 Å². The van der Waals surface area contributed by atoms with Gasteiger partial charge in [-0.25, -0.2) is 13.4 Å². The molecule has 1 aliphatic rings. The Labute approximate surface area is 111 Å². The summed E-state index contributed by atoms with van der Waals surface area (Å²) in [4.78, 5) is 9.19. The van der Waals surface area contributed by atoms with Gasteiger partial charge in [0.15, 0.2) is 5.03 Å². The van der Waals surface area contributed by atoms with E-state index in [2.05, 4.69) is 14.7 Å². The van der Waals surface area contributed by atoms with Gasteiger partial charge in [0.1, 0.15) is 5.65 Å². The molecule has 102 valence electrons. The van der Waals surface area contributed by atoms with Crippen molar-refractivity contribution in [2.24, 2.45) is 0 Å². The zero-order valence-corrected chi connectivity index (χ0v) is 11.9. The number of aromatic nitrogens is 2. The Morgan fingerprint density at radius 1 is 1.37 bits per heavy atom. The number of anilines is 1. The summed E-state index contributed by atoms with van der Waals surface area (Å²) in [7, 11) is -3.53. The quantitative estimate of drug-likeness (QED) is 0.765. The molecule has 0 aliphatic carbocycles. The lowest BCUT2D eigenvalue weighted by molar-refractivity contribution is 0.478. The minimum absolute atomic E-state index is 0.0867. The fraction of sp³-hybridized carbons (Fsp3) is 0.417. The van der Waals surface area contributed by atoms with Crippen molar-refractivity contribution in [3.63, 3.8) is 0 Å². The first-order valence-corrected chi connectivity index (χ1v) is 7.53. The Morgan fingerprint density at radius 2 is 2.11 bits per heavy atom. The number of fused-ring (bicyclic) bond motifs is 2. The maximum absolute atomic E-state index is 12.1. The number of aromatic amines is 1. The molecular formula is C12H16N4O2S. The molecule has 2 aromatic rings. The van der Waals surface area contributed by atoms with Crippen LogP contribution in [-0.2, 0) is 10.0 Å². The van der Waals surface area contributed by atoms with Gasteiger partial charge in [0.25, 0.3) is 10.0 Å². The third kappa shape index (κ3) is 1.89. The second-order valence-corrected chi connectivity index (χ2v) is 7.32. The molecule has 7 heteroatoms. The summed E-state index contributed by atoms with van der Waals surface area (Å²) in [6.07, 6.45) is 1.75. The molecule has 1 aliphatic heterocycles. The molecule has 2 N–H and O–H groups in total. The summed E-state index contributed by atoms with van der Waals surface area (Å²) in [5.41, 5.74) is 1.04. The molecule has 0 aromatic carbocycles. The third-order valence-corrected chi connectivity index (χ3v) is 4.57. The number of nitrogens with zero attached hydrogens (tertiary/aromatic N) is 2. The zero-order chi connectivity index (χ0) is 13.8. The molecule has 0 bridgehead atoms. The van der Waals surface area contributed by atoms with Crippen LogP contribution in [0.5, 0.6) is 0 Å². The fourth-order valence-corrected chi connectivity index (χ4v) is 3.34. The number of H-pyrrole nitrogens is 1. The molecule has 0 saturated heterocycles. The average Bonchev–Trinajstić information content (AvgIpc) is 2.72. The highest BCUT2D eigenvalue weighted by Crippen LogP contribution is 2.34. The summed E-state index contributed by atoms with van der Waals surface area (Å²) >= 11 is 0. The molecule has 0 atom stereocenters. The lowest BCUT2D eigenvalue weighted by Crippen LogP contribution is -2.52. The van der Waals surface area contributed by atoms with Crippen LogP contribution in [0.3, 0.4) is 0 Å². The van der Waals surface area contributed by atoms with Crippen LogP contribution in [-0.4, -0.2) is 30.6 Å². The van der Waals surface area contributed by atoms with E-state index in [4.69, 9.17) is 0 Å². The second-order valence-electron chi connectivity index (χ2n) is 5.63. The standard InChI is InChI=1S/C12H16N4O2S/c1-12(2,3)16-7-14-19(17,18)11-9(16)6-8-4-5-13-10(8)15-11/h4-6,14H,7H2,1-3H3,(H,13,15). The maximum atomic E-state index is 12.1. The first kappa shape index (κ1) is 12.4. The number of hydrogen-bond acceptors (Lipinski definition) is 4. The lowest BCUT2D eigenvalue weighted by Gasteiger charge is -2.40. The molecule has 2 aromatic heterocycles. The monoisotopic (exact) mass is 280 g/mol. The highest BCUT2D eigenvalue weighted by atomic mass is 32.2. The van der Waals surface area contributed by atoms with E-state index in [9.17, 15) is 8.42 Å². The first-order valence-electron chi connectivity index (χ1n) is 6.04. The highest BCUT2D eigenvalue weighted by Gasteiger charge is 2.35. The van der Waals surface area contributed by atoms with Crippen molar-refractivity contribution in [2.45, 2.75) is 31.3 Å². The molecule has 0 amide bonds. The molecule has 0 fully saturated rings. The third-order valence-electron chi connectivity index (χ3n) is 3.25. The van der Waals surface area contributed by atoms with Gasteiger partial charge in [-0.3, -0.25) is 0 Å². The van der Waals surface area contributed by atoms with Gasteiger partial charge in [-0.15, -0.1) is 0 Å². The largest absolute Gasteiger partial charge is 0.351 e. The average molecular weight is 280 g/mol. The van der Waals surface area contributed by atoms with Crippen molar-refractivity contribution in [1.29, 1.82) is 0 Å². The van der Waals surface area contributed by atoms with E-state index in [-0.39, 0.29) is 17.2 Å². The molecule has 0 saturated carbocycles. The van der Waals surface area contributed by atoms with Gasteiger partial charge in [-0.2, -0.15) is 4.72 Å². The van der Waals surface area contributed by atoms with Gasteiger partial charge >= 0.3 is 0 Å². The van der Waals surface area contributed by atoms with Crippen LogP contribution in [0.2, 0.25) is 0 Å². The summed E-state index contributed by atoms with van der Waals surface area (Å²) < 4.78 is 26.7. The highest BCUT2D eigenvalue weighted by molar-refractivity contribution is 7.89. The van der Waals surface area contributed by atoms with Gasteiger partial charge in [0.2, 0.25) is 0 Å². The van der Waals surface area contributed by atoms with Crippen LogP contribution in [0, 0.1) is 0 Å². The smallest absolute Gasteiger partial charge is 0.261 e. The predicted molar refractivity (Wildman–Crippen MR) is 73.5 cm³/mol. The summed E-state index contributed by atoms with van der Waals surface area (Å²) in [5, 5.41) is 0.994. The van der Waals surface area contributed by atoms with E-state index in [1.165, 1.54) is 0 Å². The Kier molecular flexibility index (Phi) is 2.42. The van der Waals surface area contributed by atoms with Gasteiger partial charge in [0, 0.05) is 17.1 Å². The van der Waals surface area contributed by atoms with Crippen LogP contribution in [0.25, 0.3) is 11.0 Å². The van der Waals surface area contributed by atoms with Crippen molar-refractivity contribution < 1.29 is 8.42 Å². The van der Waals surface area contributed by atoms with Crippen LogP contribution < -0.4 is 9.62 Å². The Morgan fingerprint density at radius 3 is 2.79 bits per heavy atom. The van der Waals surface area contributed by atoms with Gasteiger partial charge in [-0.1, -0.05) is 0 Å². The van der Waals surface area contributed by atoms with Crippen LogP contribution in [0.15, 0.2) is 23.4 Å². The van der Waals surface area contributed by atoms with E-state index in [0.29, 0.717) is 11.3 Å². The topological polar surface area (TPSA) is 78.1 Å². The Hall–Kier alpha value is -1.60. The maximum Gasteiger partial charge on any atom is 0.261 e. The summed E-state index contributed by atoms with van der Waals surface area (Å²) in [6, 6.07) is 3.76. The van der Waals surface area contributed by atoms with Crippen LogP contribution >= 0.6 is 0 Å². The molecular weight excluding hydrogens is 264 g/mol. The predicted octanol–water partition coefficient (Wildman–Crippen LogP) is 1.42. The second kappa shape index (κ2) is 3.71. The number of hydrogen-bond donors (Lipinski definition) is 2. The Balaban J connectivity index is 2.32. The van der Waals surface area contributed by atoms with Crippen molar-refractivity contribution >= 4 is 26.7 Å². The number of pyridine rings is 1. The van der Waals surface area contributed by atoms with Crippen molar-refractivity contribution in [3.05, 3.63) is 18.3 Å². The summed E-state index contributed by atoms with van der Waals surface area (Å²) in [5.74, 6) is 0. The van der Waals surface area contributed by atoms with E-state index < -0.39 is 10.0 Å². The van der Waals surface area contributed by atoms with Gasteiger partial charge in [0.05, 0.1) is 12.4 Å². The van der Waals surface area contributed by atoms with Crippen molar-refractivity contribution in [3.8, 4) is 0 Å². The molecule has 6 nitrogen and oxygen atoms in total. The molecule has 0 unspecified atom stereocenters. The molecule has 3 rings (SSSR count). The number of sulfonamides is 1. The molecule has 0 spiro atoms. The van der Waals surface area contributed by atoms with Crippen molar-refractivity contribution in [2.75, 3.05) is 11.6 Å². The minimum atomic E-state index is -3.53. The van der Waals surface area contributed by atoms with E-state index in [1.54, 1.807) is 6.20 Å². The van der Waals surface area contributed by atoms with Crippen LogP contribution in [0.1, 0.15) is 20.8 Å². The van der Waals surface area contributed by atoms with Gasteiger partial charge < -0.3 is 9.88 Å². The zero-order valence-electron chi connectivity index (χ0n) is 11.1. The fourth-order valence-electron chi connectivity index (χ4n) is 2.25. The first-order chi connectivity index (χ1) is 8.79. The van der Waals surface area contributed by atoms with E-state index >= 15 is 0 Å². The normalized spacial score (nSPS) is 18.6. The molecule has 3 heterocycles. The minimum Gasteiger partial charge on any atom is -0.351 e. The molecule has 19 heavy (non-hydrogen) atoms. The lowest BCUT2D eigenvalue weighted by atomic mass is 10.1. The van der Waals surface area contributed by atoms with Crippen LogP contribution in [0.4, 0.5) is 5.69 Å². The summed E-state index contributed by atoms with van der Waals surface area (Å²) in [6.45, 7) is 6.38. The van der Waals surface area contributed by atoms with E-state index in [0.717, 1.165) is 5.39 Å². The SMILES string of the molecule is CC(C)(C)N1CNS(=O)(=O)c2nc3[nH]ccc3cc21. The number of rotatable bonds is 0. The Bertz CT molecular complexity index is 743. The molecule has 0 radical (unpaired) electrons. The number of nitrogens with one attached hydrogen (secondary N) is 2.